The summed E-state index contributed by atoms with van der Waals surface area (Å²) < 4.78 is 5.34. The number of piperidine rings is 1. The molecule has 0 amide bonds. The lowest BCUT2D eigenvalue weighted by Crippen LogP contribution is -2.44. The zero-order valence-electron chi connectivity index (χ0n) is 10.5. The van der Waals surface area contributed by atoms with Gasteiger partial charge in [0.15, 0.2) is 0 Å². The summed E-state index contributed by atoms with van der Waals surface area (Å²) in [4.78, 5) is 4.97. The van der Waals surface area contributed by atoms with Crippen LogP contribution in [0.4, 0.5) is 0 Å². The maximum absolute atomic E-state index is 7.45. The number of hydrogen-bond acceptors (Lipinski definition) is 4. The van der Waals surface area contributed by atoms with Crippen LogP contribution in [0.3, 0.4) is 0 Å². The van der Waals surface area contributed by atoms with Gasteiger partial charge in [-0.3, -0.25) is 10.3 Å². The number of nitrogens with zero attached hydrogens (tertiary/aromatic N) is 2. The molecule has 2 saturated heterocycles. The molecule has 0 aromatic carbocycles. The molecule has 0 aliphatic carbocycles. The van der Waals surface area contributed by atoms with Crippen molar-refractivity contribution >= 4 is 5.84 Å². The normalized spacial score (nSPS) is 24.9. The minimum atomic E-state index is 0.328. The van der Waals surface area contributed by atoms with E-state index in [-0.39, 0.29) is 0 Å². The van der Waals surface area contributed by atoms with E-state index in [1.807, 2.05) is 0 Å². The van der Waals surface area contributed by atoms with Crippen molar-refractivity contribution in [2.45, 2.75) is 12.8 Å². The van der Waals surface area contributed by atoms with E-state index in [0.29, 0.717) is 11.8 Å². The number of morpholine rings is 1. The predicted molar refractivity (Wildman–Crippen MR) is 68.3 cm³/mol. The highest BCUT2D eigenvalue weighted by atomic mass is 16.5. The molecule has 2 aliphatic heterocycles. The van der Waals surface area contributed by atoms with E-state index < -0.39 is 0 Å². The van der Waals surface area contributed by atoms with Crippen LogP contribution in [0.5, 0.6) is 0 Å². The Balaban J connectivity index is 1.62. The van der Waals surface area contributed by atoms with E-state index in [2.05, 4.69) is 9.80 Å². The number of ether oxygens (including phenoxy) is 1. The fourth-order valence-corrected chi connectivity index (χ4v) is 2.58. The van der Waals surface area contributed by atoms with E-state index in [9.17, 15) is 0 Å². The third-order valence-electron chi connectivity index (χ3n) is 3.86. The summed E-state index contributed by atoms with van der Waals surface area (Å²) in [7, 11) is 0. The first kappa shape index (κ1) is 12.8. The summed E-state index contributed by atoms with van der Waals surface area (Å²) in [6.07, 6.45) is 2.11. The fourth-order valence-electron chi connectivity index (χ4n) is 2.58. The van der Waals surface area contributed by atoms with Crippen LogP contribution >= 0.6 is 0 Å². The molecule has 0 atom stereocenters. The van der Waals surface area contributed by atoms with Gasteiger partial charge in [-0.2, -0.15) is 0 Å². The van der Waals surface area contributed by atoms with Crippen LogP contribution < -0.4 is 5.73 Å². The average molecular weight is 240 g/mol. The fraction of sp³-hybridized carbons (Fsp3) is 0.917. The molecule has 3 N–H and O–H groups in total. The number of amidine groups is 1. The van der Waals surface area contributed by atoms with Crippen LogP contribution in [-0.4, -0.2) is 68.1 Å². The van der Waals surface area contributed by atoms with E-state index in [1.54, 1.807) is 0 Å². The van der Waals surface area contributed by atoms with E-state index in [1.165, 1.54) is 0 Å². The summed E-state index contributed by atoms with van der Waals surface area (Å²) in [5.41, 5.74) is 5.55. The van der Waals surface area contributed by atoms with Crippen LogP contribution in [0.2, 0.25) is 0 Å². The van der Waals surface area contributed by atoms with Crippen LogP contribution in [0.25, 0.3) is 0 Å². The van der Waals surface area contributed by atoms with Gasteiger partial charge in [0.05, 0.1) is 19.0 Å². The molecule has 0 radical (unpaired) electrons. The van der Waals surface area contributed by atoms with Gasteiger partial charge in [-0.15, -0.1) is 0 Å². The first-order valence-corrected chi connectivity index (χ1v) is 6.62. The molecule has 98 valence electrons. The Bertz CT molecular complexity index is 245. The van der Waals surface area contributed by atoms with Gasteiger partial charge in [0.25, 0.3) is 0 Å². The Kier molecular flexibility index (Phi) is 4.76. The first-order valence-electron chi connectivity index (χ1n) is 6.62. The van der Waals surface area contributed by atoms with Crippen molar-refractivity contribution in [2.24, 2.45) is 11.7 Å². The van der Waals surface area contributed by atoms with Crippen LogP contribution in [0.1, 0.15) is 12.8 Å². The van der Waals surface area contributed by atoms with Crippen LogP contribution in [-0.2, 0) is 4.74 Å². The topological polar surface area (TPSA) is 65.6 Å². The quantitative estimate of drug-likeness (QED) is 0.535. The minimum absolute atomic E-state index is 0.328. The largest absolute Gasteiger partial charge is 0.387 e. The highest BCUT2D eigenvalue weighted by Crippen LogP contribution is 2.16. The highest BCUT2D eigenvalue weighted by Gasteiger charge is 2.21. The number of nitrogens with two attached hydrogens (primary N) is 1. The lowest BCUT2D eigenvalue weighted by atomic mass is 9.96. The maximum atomic E-state index is 7.45. The van der Waals surface area contributed by atoms with Crippen LogP contribution in [0.15, 0.2) is 0 Å². The second-order valence-corrected chi connectivity index (χ2v) is 5.03. The van der Waals surface area contributed by atoms with Crippen molar-refractivity contribution in [3.63, 3.8) is 0 Å². The van der Waals surface area contributed by atoms with Gasteiger partial charge in [-0.1, -0.05) is 0 Å². The molecule has 0 aromatic rings. The Morgan fingerprint density at radius 1 is 1.06 bits per heavy atom. The summed E-state index contributed by atoms with van der Waals surface area (Å²) >= 11 is 0. The molecule has 2 heterocycles. The van der Waals surface area contributed by atoms with E-state index in [0.717, 1.165) is 65.3 Å². The van der Waals surface area contributed by atoms with Crippen molar-refractivity contribution in [3.8, 4) is 0 Å². The van der Waals surface area contributed by atoms with Gasteiger partial charge in [0.1, 0.15) is 0 Å². The molecule has 2 rings (SSSR count). The molecule has 2 fully saturated rings. The van der Waals surface area contributed by atoms with Crippen molar-refractivity contribution in [3.05, 3.63) is 0 Å². The Hall–Kier alpha value is -0.650. The summed E-state index contributed by atoms with van der Waals surface area (Å²) in [6, 6.07) is 0. The second kappa shape index (κ2) is 6.33. The summed E-state index contributed by atoms with van der Waals surface area (Å²) in [5.74, 6) is 0.701. The molecule has 5 heteroatoms. The molecule has 0 bridgehead atoms. The SMILES string of the molecule is N=C(N)C1CCN(CCN2CCOCC2)CC1. The number of nitrogens with one attached hydrogen (secondary N) is 1. The van der Waals surface area contributed by atoms with E-state index >= 15 is 0 Å². The maximum Gasteiger partial charge on any atom is 0.0937 e. The first-order chi connectivity index (χ1) is 8.25. The zero-order valence-corrected chi connectivity index (χ0v) is 10.5. The third kappa shape index (κ3) is 3.94. The molecular weight excluding hydrogens is 216 g/mol. The molecule has 0 unspecified atom stereocenters. The summed E-state index contributed by atoms with van der Waals surface area (Å²) in [6.45, 7) is 8.38. The van der Waals surface area contributed by atoms with Crippen molar-refractivity contribution in [1.82, 2.24) is 9.80 Å². The molecule has 2 aliphatic rings. The Morgan fingerprint density at radius 2 is 1.59 bits per heavy atom. The average Bonchev–Trinajstić information content (AvgIpc) is 2.38. The molecule has 0 spiro atoms. The third-order valence-corrected chi connectivity index (χ3v) is 3.86. The van der Waals surface area contributed by atoms with Crippen molar-refractivity contribution in [1.29, 1.82) is 5.41 Å². The van der Waals surface area contributed by atoms with Crippen LogP contribution in [0, 0.1) is 11.3 Å². The van der Waals surface area contributed by atoms with Crippen molar-refractivity contribution in [2.75, 3.05) is 52.5 Å². The number of rotatable bonds is 4. The van der Waals surface area contributed by atoms with Gasteiger partial charge < -0.3 is 15.4 Å². The second-order valence-electron chi connectivity index (χ2n) is 5.03. The standard InChI is InChI=1S/C12H24N4O/c13-12(14)11-1-3-15(4-2-11)5-6-16-7-9-17-10-8-16/h11H,1-10H2,(H3,13,14). The van der Waals surface area contributed by atoms with Gasteiger partial charge >= 0.3 is 0 Å². The monoisotopic (exact) mass is 240 g/mol. The zero-order chi connectivity index (χ0) is 12.1. The molecule has 5 nitrogen and oxygen atoms in total. The van der Waals surface area contributed by atoms with Crippen molar-refractivity contribution < 1.29 is 4.74 Å². The van der Waals surface area contributed by atoms with Gasteiger partial charge in [0.2, 0.25) is 0 Å². The van der Waals surface area contributed by atoms with E-state index in [4.69, 9.17) is 15.9 Å². The molecule has 0 aromatic heterocycles. The predicted octanol–water partition coefficient (Wildman–Crippen LogP) is -0.0334. The minimum Gasteiger partial charge on any atom is -0.387 e. The smallest absolute Gasteiger partial charge is 0.0937 e. The Morgan fingerprint density at radius 3 is 2.12 bits per heavy atom. The molecule has 17 heavy (non-hydrogen) atoms. The summed E-state index contributed by atoms with van der Waals surface area (Å²) in [5, 5.41) is 7.45. The van der Waals surface area contributed by atoms with Gasteiger partial charge in [0, 0.05) is 32.1 Å². The highest BCUT2D eigenvalue weighted by molar-refractivity contribution is 5.79. The molecule has 0 saturated carbocycles. The molecular formula is C12H24N4O. The lowest BCUT2D eigenvalue weighted by Gasteiger charge is -2.34. The number of hydrogen-bond donors (Lipinski definition) is 2. The Labute approximate surface area is 103 Å². The van der Waals surface area contributed by atoms with Gasteiger partial charge in [-0.25, -0.2) is 0 Å². The number of likely N-dealkylation sites (tertiary alicyclic amines) is 1. The van der Waals surface area contributed by atoms with Gasteiger partial charge in [-0.05, 0) is 25.9 Å². The lowest BCUT2D eigenvalue weighted by molar-refractivity contribution is 0.0320.